The number of benzene rings is 1. The van der Waals surface area contributed by atoms with Crippen LogP contribution in [0.4, 0.5) is 5.82 Å². The second-order valence-corrected chi connectivity index (χ2v) is 6.83. The lowest BCUT2D eigenvalue weighted by Crippen LogP contribution is -2.30. The first-order chi connectivity index (χ1) is 11.5. The Hall–Kier alpha value is -2.28. The number of nitrogens with one attached hydrogen (secondary N) is 1. The Morgan fingerprint density at radius 3 is 2.67 bits per heavy atom. The number of aryl methyl sites for hydroxylation is 1. The fraction of sp³-hybridized carbons (Fsp3) is 0.353. The predicted molar refractivity (Wildman–Crippen MR) is 94.7 cm³/mol. The molecule has 0 radical (unpaired) electrons. The van der Waals surface area contributed by atoms with Gasteiger partial charge in [-0.3, -0.25) is 9.59 Å². The van der Waals surface area contributed by atoms with E-state index in [4.69, 9.17) is 4.52 Å². The van der Waals surface area contributed by atoms with Gasteiger partial charge in [-0.2, -0.15) is 0 Å². The fourth-order valence-corrected chi connectivity index (χ4v) is 2.80. The van der Waals surface area contributed by atoms with Crippen molar-refractivity contribution in [2.24, 2.45) is 0 Å². The van der Waals surface area contributed by atoms with Crippen molar-refractivity contribution in [3.8, 4) is 0 Å². The molecule has 1 N–H and O–H groups in total. The second kappa shape index (κ2) is 8.54. The van der Waals surface area contributed by atoms with Crippen LogP contribution in [-0.4, -0.2) is 39.9 Å². The molecular weight excluding hydrogens is 326 g/mol. The van der Waals surface area contributed by atoms with Gasteiger partial charge in [-0.15, -0.1) is 11.8 Å². The summed E-state index contributed by atoms with van der Waals surface area (Å²) in [7, 11) is 1.76. The zero-order valence-electron chi connectivity index (χ0n) is 14.0. The Kier molecular flexibility index (Phi) is 6.43. The minimum atomic E-state index is -0.365. The molecule has 1 unspecified atom stereocenters. The van der Waals surface area contributed by atoms with Crippen LogP contribution < -0.4 is 5.32 Å². The summed E-state index contributed by atoms with van der Waals surface area (Å²) < 4.78 is 4.90. The fourth-order valence-electron chi connectivity index (χ4n) is 1.98. The maximum Gasteiger partial charge on any atom is 0.238 e. The highest BCUT2D eigenvalue weighted by Crippen LogP contribution is 2.15. The molecule has 1 heterocycles. The largest absolute Gasteiger partial charge is 0.360 e. The molecule has 2 rings (SSSR count). The van der Waals surface area contributed by atoms with Gasteiger partial charge in [0, 0.05) is 19.7 Å². The first kappa shape index (κ1) is 18.1. The number of carbonyl (C=O) groups excluding carboxylic acids is 2. The van der Waals surface area contributed by atoms with Gasteiger partial charge >= 0.3 is 0 Å². The molecule has 2 amide bonds. The minimum Gasteiger partial charge on any atom is -0.360 e. The lowest BCUT2D eigenvalue weighted by atomic mass is 10.2. The van der Waals surface area contributed by atoms with E-state index in [1.165, 1.54) is 11.8 Å². The van der Waals surface area contributed by atoms with E-state index in [-0.39, 0.29) is 22.8 Å². The number of amides is 2. The number of anilines is 1. The van der Waals surface area contributed by atoms with Crippen molar-refractivity contribution in [3.05, 3.63) is 47.7 Å². The number of rotatable bonds is 7. The standard InChI is InChI=1S/C17H21N3O3S/c1-12-9-15(19-23-12)18-17(22)13(2)24-11-16(21)20(3)10-14-7-5-4-6-8-14/h4-9,13H,10-11H2,1-3H3,(H,18,19,22). The molecule has 0 saturated heterocycles. The van der Waals surface area contributed by atoms with Crippen LogP contribution in [0.3, 0.4) is 0 Å². The lowest BCUT2D eigenvalue weighted by Gasteiger charge is -2.18. The number of nitrogens with zero attached hydrogens (tertiary/aromatic N) is 2. The van der Waals surface area contributed by atoms with Crippen LogP contribution in [0.5, 0.6) is 0 Å². The van der Waals surface area contributed by atoms with Crippen molar-refractivity contribution in [3.63, 3.8) is 0 Å². The molecule has 6 nitrogen and oxygen atoms in total. The molecule has 1 atom stereocenters. The third-order valence-corrected chi connectivity index (χ3v) is 4.52. The van der Waals surface area contributed by atoms with Crippen molar-refractivity contribution in [1.82, 2.24) is 10.1 Å². The summed E-state index contributed by atoms with van der Waals surface area (Å²) in [5, 5.41) is 6.02. The van der Waals surface area contributed by atoms with Gasteiger partial charge in [0.25, 0.3) is 0 Å². The summed E-state index contributed by atoms with van der Waals surface area (Å²) in [6, 6.07) is 11.4. The molecule has 0 aliphatic rings. The Morgan fingerprint density at radius 1 is 1.33 bits per heavy atom. The van der Waals surface area contributed by atoms with E-state index in [9.17, 15) is 9.59 Å². The zero-order chi connectivity index (χ0) is 17.5. The minimum absolute atomic E-state index is 0.0132. The van der Waals surface area contributed by atoms with Crippen LogP contribution in [0, 0.1) is 6.92 Å². The second-order valence-electron chi connectivity index (χ2n) is 5.50. The number of aromatic nitrogens is 1. The molecule has 0 saturated carbocycles. The van der Waals surface area contributed by atoms with Crippen LogP contribution in [-0.2, 0) is 16.1 Å². The van der Waals surface area contributed by atoms with Crippen molar-refractivity contribution in [2.45, 2.75) is 25.6 Å². The SMILES string of the molecule is Cc1cc(NC(=O)C(C)SCC(=O)N(C)Cc2ccccc2)no1. The summed E-state index contributed by atoms with van der Waals surface area (Å²) in [4.78, 5) is 25.9. The molecule has 1 aromatic heterocycles. The summed E-state index contributed by atoms with van der Waals surface area (Å²) in [6.45, 7) is 4.07. The average Bonchev–Trinajstić information content (AvgIpc) is 2.98. The van der Waals surface area contributed by atoms with Crippen LogP contribution in [0.25, 0.3) is 0 Å². The Balaban J connectivity index is 1.76. The van der Waals surface area contributed by atoms with Crippen molar-refractivity contribution >= 4 is 29.4 Å². The Labute approximate surface area is 145 Å². The highest BCUT2D eigenvalue weighted by atomic mass is 32.2. The van der Waals surface area contributed by atoms with Gasteiger partial charge in [-0.25, -0.2) is 0 Å². The number of carbonyl (C=O) groups is 2. The van der Waals surface area contributed by atoms with Gasteiger partial charge in [0.15, 0.2) is 5.82 Å². The van der Waals surface area contributed by atoms with Crippen molar-refractivity contribution < 1.29 is 14.1 Å². The van der Waals surface area contributed by atoms with E-state index in [1.807, 2.05) is 30.3 Å². The predicted octanol–water partition coefficient (Wildman–Crippen LogP) is 2.70. The smallest absolute Gasteiger partial charge is 0.238 e. The van der Waals surface area contributed by atoms with E-state index in [0.29, 0.717) is 18.1 Å². The Morgan fingerprint density at radius 2 is 2.04 bits per heavy atom. The van der Waals surface area contributed by atoms with Gasteiger partial charge < -0.3 is 14.7 Å². The normalized spacial score (nSPS) is 11.8. The summed E-state index contributed by atoms with van der Waals surface area (Å²) in [5.41, 5.74) is 1.07. The van der Waals surface area contributed by atoms with Gasteiger partial charge in [0.05, 0.1) is 11.0 Å². The van der Waals surface area contributed by atoms with Crippen LogP contribution in [0.1, 0.15) is 18.2 Å². The molecule has 0 bridgehead atoms. The van der Waals surface area contributed by atoms with Gasteiger partial charge in [-0.05, 0) is 19.4 Å². The molecule has 0 spiro atoms. The maximum atomic E-state index is 12.2. The first-order valence-electron chi connectivity index (χ1n) is 7.59. The lowest BCUT2D eigenvalue weighted by molar-refractivity contribution is -0.127. The molecule has 0 aliphatic heterocycles. The van der Waals surface area contributed by atoms with E-state index in [1.54, 1.807) is 31.9 Å². The number of hydrogen-bond donors (Lipinski definition) is 1. The quantitative estimate of drug-likeness (QED) is 0.833. The summed E-state index contributed by atoms with van der Waals surface area (Å²) >= 11 is 1.30. The molecule has 0 aliphatic carbocycles. The van der Waals surface area contributed by atoms with Crippen LogP contribution in [0.15, 0.2) is 40.9 Å². The topological polar surface area (TPSA) is 75.4 Å². The van der Waals surface area contributed by atoms with Crippen molar-refractivity contribution in [1.29, 1.82) is 0 Å². The summed E-state index contributed by atoms with van der Waals surface area (Å²) in [6.07, 6.45) is 0. The zero-order valence-corrected chi connectivity index (χ0v) is 14.8. The molecule has 1 aromatic carbocycles. The summed E-state index contributed by atoms with van der Waals surface area (Å²) in [5.74, 6) is 1.05. The number of thioether (sulfide) groups is 1. The van der Waals surface area contributed by atoms with E-state index < -0.39 is 0 Å². The highest BCUT2D eigenvalue weighted by Gasteiger charge is 2.18. The highest BCUT2D eigenvalue weighted by molar-refractivity contribution is 8.01. The molecular formula is C17H21N3O3S. The van der Waals surface area contributed by atoms with Crippen molar-refractivity contribution in [2.75, 3.05) is 18.1 Å². The molecule has 24 heavy (non-hydrogen) atoms. The van der Waals surface area contributed by atoms with E-state index in [2.05, 4.69) is 10.5 Å². The molecule has 2 aromatic rings. The first-order valence-corrected chi connectivity index (χ1v) is 8.64. The van der Waals surface area contributed by atoms with Gasteiger partial charge in [-0.1, -0.05) is 35.5 Å². The average molecular weight is 347 g/mol. The third-order valence-electron chi connectivity index (χ3n) is 3.39. The number of hydrogen-bond acceptors (Lipinski definition) is 5. The van der Waals surface area contributed by atoms with E-state index >= 15 is 0 Å². The molecule has 0 fully saturated rings. The van der Waals surface area contributed by atoms with Gasteiger partial charge in [0.1, 0.15) is 5.76 Å². The Bertz CT molecular complexity index is 687. The van der Waals surface area contributed by atoms with Crippen LogP contribution in [0.2, 0.25) is 0 Å². The molecule has 7 heteroatoms. The van der Waals surface area contributed by atoms with E-state index in [0.717, 1.165) is 5.56 Å². The third kappa shape index (κ3) is 5.42. The molecule has 128 valence electrons. The maximum absolute atomic E-state index is 12.2. The van der Waals surface area contributed by atoms with Crippen LogP contribution >= 0.6 is 11.8 Å². The monoisotopic (exact) mass is 347 g/mol. The van der Waals surface area contributed by atoms with Gasteiger partial charge in [0.2, 0.25) is 11.8 Å².